The zero-order valence-corrected chi connectivity index (χ0v) is 25.0. The van der Waals surface area contributed by atoms with Crippen LogP contribution in [0.5, 0.6) is 0 Å². The molecule has 0 bridgehead atoms. The van der Waals surface area contributed by atoms with Crippen LogP contribution in [0.1, 0.15) is 29.2 Å². The van der Waals surface area contributed by atoms with E-state index in [2.05, 4.69) is 90.3 Å². The molecule has 0 atom stereocenters. The number of hydrogen-bond acceptors (Lipinski definition) is 4. The number of hydrogen-bond donors (Lipinski definition) is 1. The van der Waals surface area contributed by atoms with E-state index in [9.17, 15) is 0 Å². The summed E-state index contributed by atoms with van der Waals surface area (Å²) in [6.07, 6.45) is 14.7. The van der Waals surface area contributed by atoms with Crippen molar-refractivity contribution in [3.63, 3.8) is 0 Å². The number of aryl methyl sites for hydroxylation is 2. The molecule has 0 fully saturated rings. The van der Waals surface area contributed by atoms with E-state index in [1.165, 1.54) is 43.4 Å². The summed E-state index contributed by atoms with van der Waals surface area (Å²) < 4.78 is 0. The summed E-state index contributed by atoms with van der Waals surface area (Å²) in [4.78, 5) is 12.9. The van der Waals surface area contributed by atoms with E-state index in [-0.39, 0.29) is 0 Å². The van der Waals surface area contributed by atoms with Crippen LogP contribution in [0.3, 0.4) is 0 Å². The first-order valence-corrected chi connectivity index (χ1v) is 14.8. The minimum absolute atomic E-state index is 1.09. The van der Waals surface area contributed by atoms with Crippen LogP contribution < -0.4 is 5.73 Å². The van der Waals surface area contributed by atoms with Gasteiger partial charge in [0, 0.05) is 42.7 Å². The van der Waals surface area contributed by atoms with E-state index in [0.29, 0.717) is 0 Å². The monoisotopic (exact) mass is 568 g/mol. The van der Waals surface area contributed by atoms with E-state index in [1.807, 2.05) is 67.5 Å². The van der Waals surface area contributed by atoms with Gasteiger partial charge in [-0.25, -0.2) is 0 Å². The second-order valence-corrected chi connectivity index (χ2v) is 11.3. The molecule has 44 heavy (non-hydrogen) atoms. The lowest BCUT2D eigenvalue weighted by molar-refractivity contribution is 1.30. The van der Waals surface area contributed by atoms with Crippen molar-refractivity contribution in [2.75, 3.05) is 0 Å². The van der Waals surface area contributed by atoms with Gasteiger partial charge in [-0.15, -0.1) is 0 Å². The van der Waals surface area contributed by atoms with Gasteiger partial charge in [0.25, 0.3) is 0 Å². The number of allylic oxidation sites excluding steroid dienone is 3. The third-order valence-electron chi connectivity index (χ3n) is 8.76. The molecule has 0 aliphatic heterocycles. The minimum atomic E-state index is 1.09. The Balaban J connectivity index is 1.50. The van der Waals surface area contributed by atoms with Gasteiger partial charge in [0.15, 0.2) is 0 Å². The molecule has 2 N–H and O–H groups in total. The number of benzene rings is 4. The van der Waals surface area contributed by atoms with Gasteiger partial charge in [0.05, 0.1) is 0 Å². The Hall–Kier alpha value is -5.61. The van der Waals surface area contributed by atoms with Gasteiger partial charge in [-0.1, -0.05) is 36.4 Å². The van der Waals surface area contributed by atoms with Crippen LogP contribution >= 0.6 is 0 Å². The first-order chi connectivity index (χ1) is 21.5. The molecule has 7 rings (SSSR count). The van der Waals surface area contributed by atoms with Crippen LogP contribution in [0.25, 0.3) is 65.7 Å². The van der Waals surface area contributed by atoms with Gasteiger partial charge in [-0.3, -0.25) is 15.0 Å². The van der Waals surface area contributed by atoms with Crippen molar-refractivity contribution >= 4 is 43.5 Å². The summed E-state index contributed by atoms with van der Waals surface area (Å²) in [6, 6.07) is 28.6. The minimum Gasteiger partial charge on any atom is -0.405 e. The first kappa shape index (κ1) is 27.2. The van der Waals surface area contributed by atoms with Crippen molar-refractivity contribution in [3.05, 3.63) is 151 Å². The van der Waals surface area contributed by atoms with Crippen LogP contribution in [0.2, 0.25) is 0 Å². The molecular weight excluding hydrogens is 536 g/mol. The second kappa shape index (κ2) is 11.2. The molecule has 3 heterocycles. The molecular formula is C40H32N4. The molecule has 7 aromatic rings. The van der Waals surface area contributed by atoms with Crippen molar-refractivity contribution < 1.29 is 0 Å². The van der Waals surface area contributed by atoms with Gasteiger partial charge in [-0.2, -0.15) is 0 Å². The van der Waals surface area contributed by atoms with Crippen molar-refractivity contribution in [3.8, 4) is 22.3 Å². The molecule has 0 unspecified atom stereocenters. The average molecular weight is 569 g/mol. The molecule has 0 aliphatic rings. The number of nitrogens with zero attached hydrogens (tertiary/aromatic N) is 3. The maximum Gasteiger partial charge on any atom is 0.0352 e. The zero-order valence-electron chi connectivity index (χ0n) is 25.0. The van der Waals surface area contributed by atoms with Gasteiger partial charge < -0.3 is 5.73 Å². The van der Waals surface area contributed by atoms with Gasteiger partial charge in [0.1, 0.15) is 0 Å². The highest BCUT2D eigenvalue weighted by Crippen LogP contribution is 2.41. The van der Waals surface area contributed by atoms with Crippen LogP contribution in [-0.2, 0) is 0 Å². The van der Waals surface area contributed by atoms with Crippen molar-refractivity contribution in [2.45, 2.75) is 20.8 Å². The number of nitrogens with two attached hydrogens (primary N) is 1. The van der Waals surface area contributed by atoms with E-state index in [4.69, 9.17) is 5.73 Å². The van der Waals surface area contributed by atoms with E-state index < -0.39 is 0 Å². The lowest BCUT2D eigenvalue weighted by Crippen LogP contribution is -1.93. The Bertz CT molecular complexity index is 2250. The predicted octanol–water partition coefficient (Wildman–Crippen LogP) is 9.69. The fraction of sp³-hybridized carbons (Fsp3) is 0.0750. The molecule has 4 aromatic carbocycles. The highest BCUT2D eigenvalue weighted by Gasteiger charge is 2.15. The van der Waals surface area contributed by atoms with Crippen LogP contribution in [0, 0.1) is 13.8 Å². The first-order valence-electron chi connectivity index (χ1n) is 14.8. The molecule has 0 saturated carbocycles. The Kier molecular flexibility index (Phi) is 6.95. The number of aromatic nitrogens is 3. The highest BCUT2D eigenvalue weighted by atomic mass is 14.6. The van der Waals surface area contributed by atoms with Crippen LogP contribution in [-0.4, -0.2) is 15.0 Å². The van der Waals surface area contributed by atoms with Crippen molar-refractivity contribution in [1.82, 2.24) is 15.0 Å². The largest absolute Gasteiger partial charge is 0.405 e. The van der Waals surface area contributed by atoms with Crippen LogP contribution in [0.4, 0.5) is 0 Å². The van der Waals surface area contributed by atoms with Crippen LogP contribution in [0.15, 0.2) is 128 Å². The molecule has 3 aromatic heterocycles. The topological polar surface area (TPSA) is 64.7 Å². The summed E-state index contributed by atoms with van der Waals surface area (Å²) in [5, 5.41) is 7.43. The van der Waals surface area contributed by atoms with Crippen molar-refractivity contribution in [1.29, 1.82) is 0 Å². The SMILES string of the molecule is C/C(=C(\C=C/N)c1ccc2c3ccc(-c4ccncc4-c4ccncc4)cc3c3cc(C)c(C)cc3c2c1)c1ccncc1. The third-order valence-corrected chi connectivity index (χ3v) is 8.76. The summed E-state index contributed by atoms with van der Waals surface area (Å²) in [5.41, 5.74) is 17.5. The molecule has 0 spiro atoms. The molecule has 212 valence electrons. The third kappa shape index (κ3) is 4.71. The highest BCUT2D eigenvalue weighted by molar-refractivity contribution is 6.26. The molecule has 0 radical (unpaired) electrons. The lowest BCUT2D eigenvalue weighted by atomic mass is 9.87. The summed E-state index contributed by atoms with van der Waals surface area (Å²) >= 11 is 0. The summed E-state index contributed by atoms with van der Waals surface area (Å²) in [7, 11) is 0. The number of fused-ring (bicyclic) bond motifs is 6. The molecule has 4 nitrogen and oxygen atoms in total. The Labute approximate surface area is 257 Å². The molecule has 4 heteroatoms. The normalized spacial score (nSPS) is 12.3. The van der Waals surface area contributed by atoms with Gasteiger partial charge in [-0.05, 0) is 158 Å². The maximum atomic E-state index is 5.97. The summed E-state index contributed by atoms with van der Waals surface area (Å²) in [6.45, 7) is 6.53. The zero-order chi connectivity index (χ0) is 30.2. The molecule has 0 amide bonds. The Morgan fingerprint density at radius 1 is 0.545 bits per heavy atom. The van der Waals surface area contributed by atoms with E-state index in [0.717, 1.165) is 44.5 Å². The summed E-state index contributed by atoms with van der Waals surface area (Å²) in [5.74, 6) is 0. The molecule has 0 saturated heterocycles. The second-order valence-electron chi connectivity index (χ2n) is 11.3. The maximum absolute atomic E-state index is 5.97. The lowest BCUT2D eigenvalue weighted by Gasteiger charge is -2.17. The fourth-order valence-corrected chi connectivity index (χ4v) is 6.30. The Morgan fingerprint density at radius 3 is 1.82 bits per heavy atom. The smallest absolute Gasteiger partial charge is 0.0352 e. The number of pyridine rings is 3. The fourth-order valence-electron chi connectivity index (χ4n) is 6.30. The average Bonchev–Trinajstić information content (AvgIpc) is 3.08. The van der Waals surface area contributed by atoms with E-state index >= 15 is 0 Å². The number of rotatable bonds is 5. The Morgan fingerprint density at radius 2 is 1.14 bits per heavy atom. The van der Waals surface area contributed by atoms with Crippen molar-refractivity contribution in [2.24, 2.45) is 5.73 Å². The van der Waals surface area contributed by atoms with Gasteiger partial charge in [0.2, 0.25) is 0 Å². The van der Waals surface area contributed by atoms with Gasteiger partial charge >= 0.3 is 0 Å². The van der Waals surface area contributed by atoms with E-state index in [1.54, 1.807) is 6.20 Å². The molecule has 0 aliphatic carbocycles. The standard InChI is InChI=1S/C40H32N4/c1-25-20-36-37(21-26(25)2)39-23-31(33-13-19-44-24-40(33)29-11-17-43-18-12-29)5-7-35(39)34-6-4-30(22-38(34)36)32(8-14-41)27(3)28-9-15-42-16-10-28/h4-24H,41H2,1-3H3/b14-8-,32-27-. The quantitative estimate of drug-likeness (QED) is 0.166. The predicted molar refractivity (Wildman–Crippen MR) is 185 cm³/mol.